The maximum Gasteiger partial charge on any atom is 0.257 e. The number of nitrogens with zero attached hydrogens (tertiary/aromatic N) is 3. The molecule has 1 N–H and O–H groups in total. The predicted molar refractivity (Wildman–Crippen MR) is 129 cm³/mol. The van der Waals surface area contributed by atoms with Gasteiger partial charge in [0.05, 0.1) is 12.8 Å². The highest BCUT2D eigenvalue weighted by Gasteiger charge is 2.22. The zero-order valence-electron chi connectivity index (χ0n) is 18.8. The van der Waals surface area contributed by atoms with Gasteiger partial charge in [-0.15, -0.1) is 0 Å². The molecule has 1 heterocycles. The van der Waals surface area contributed by atoms with E-state index in [2.05, 4.69) is 15.1 Å². The zero-order valence-corrected chi connectivity index (χ0v) is 18.8. The number of hydrogen-bond acceptors (Lipinski definition) is 4. The molecular formula is C26H27FN4O2. The van der Waals surface area contributed by atoms with Gasteiger partial charge >= 0.3 is 0 Å². The van der Waals surface area contributed by atoms with Crippen LogP contribution in [-0.2, 0) is 0 Å². The fourth-order valence-corrected chi connectivity index (χ4v) is 3.66. The lowest BCUT2D eigenvalue weighted by Crippen LogP contribution is -2.53. The summed E-state index contributed by atoms with van der Waals surface area (Å²) in [6.07, 6.45) is 0. The Morgan fingerprint density at radius 1 is 0.909 bits per heavy atom. The van der Waals surface area contributed by atoms with Crippen molar-refractivity contribution in [3.63, 3.8) is 0 Å². The van der Waals surface area contributed by atoms with Crippen molar-refractivity contribution in [2.24, 2.45) is 4.99 Å². The summed E-state index contributed by atoms with van der Waals surface area (Å²) in [5.74, 6) is 0.796. The molecule has 4 rings (SSSR count). The lowest BCUT2D eigenvalue weighted by molar-refractivity contribution is 0.0971. The molecule has 1 aliphatic heterocycles. The summed E-state index contributed by atoms with van der Waals surface area (Å²) in [7, 11) is 1.62. The monoisotopic (exact) mass is 446 g/mol. The summed E-state index contributed by atoms with van der Waals surface area (Å²) in [6.45, 7) is 4.78. The Bertz CT molecular complexity index is 1100. The number of amides is 1. The van der Waals surface area contributed by atoms with Crippen molar-refractivity contribution < 1.29 is 13.9 Å². The van der Waals surface area contributed by atoms with E-state index in [1.165, 1.54) is 12.1 Å². The lowest BCUT2D eigenvalue weighted by atomic mass is 10.1. The van der Waals surface area contributed by atoms with Gasteiger partial charge in [0.15, 0.2) is 0 Å². The largest absolute Gasteiger partial charge is 0.497 e. The number of ether oxygens (including phenoxy) is 1. The van der Waals surface area contributed by atoms with Crippen LogP contribution in [0.1, 0.15) is 15.9 Å². The molecule has 1 amide bonds. The number of guanidine groups is 1. The van der Waals surface area contributed by atoms with Crippen molar-refractivity contribution in [2.45, 2.75) is 6.92 Å². The van der Waals surface area contributed by atoms with E-state index in [4.69, 9.17) is 9.73 Å². The first-order valence-electron chi connectivity index (χ1n) is 10.9. The molecule has 0 aromatic heterocycles. The van der Waals surface area contributed by atoms with E-state index >= 15 is 0 Å². The molecule has 0 saturated carbocycles. The van der Waals surface area contributed by atoms with Crippen LogP contribution in [0, 0.1) is 12.7 Å². The van der Waals surface area contributed by atoms with Crippen LogP contribution in [0.3, 0.4) is 0 Å². The van der Waals surface area contributed by atoms with E-state index in [9.17, 15) is 9.18 Å². The Hall–Kier alpha value is -3.87. The van der Waals surface area contributed by atoms with E-state index in [1.807, 2.05) is 55.5 Å². The number of carbonyl (C=O) groups is 1. The SMILES string of the molecule is COc1ccc(N=C(NC(=O)c2ccc(C)cc2)N2CCN(c3ccc(F)cc3)CC2)cc1. The van der Waals surface area contributed by atoms with Crippen LogP contribution in [0.2, 0.25) is 0 Å². The molecule has 170 valence electrons. The Kier molecular flexibility index (Phi) is 6.88. The minimum Gasteiger partial charge on any atom is -0.497 e. The van der Waals surface area contributed by atoms with Crippen LogP contribution < -0.4 is 15.0 Å². The molecule has 0 spiro atoms. The van der Waals surface area contributed by atoms with Crippen molar-refractivity contribution >= 4 is 23.2 Å². The highest BCUT2D eigenvalue weighted by atomic mass is 19.1. The molecule has 3 aromatic carbocycles. The average Bonchev–Trinajstić information content (AvgIpc) is 2.85. The third-order valence-electron chi connectivity index (χ3n) is 5.62. The second-order valence-corrected chi connectivity index (χ2v) is 7.90. The maximum atomic E-state index is 13.3. The van der Waals surface area contributed by atoms with Gasteiger partial charge in [-0.05, 0) is 67.6 Å². The van der Waals surface area contributed by atoms with Gasteiger partial charge in [-0.1, -0.05) is 17.7 Å². The maximum absolute atomic E-state index is 13.3. The molecular weight excluding hydrogens is 419 g/mol. The fraction of sp³-hybridized carbons (Fsp3) is 0.231. The van der Waals surface area contributed by atoms with Gasteiger partial charge in [0.25, 0.3) is 5.91 Å². The summed E-state index contributed by atoms with van der Waals surface area (Å²) < 4.78 is 18.5. The minimum atomic E-state index is -0.245. The van der Waals surface area contributed by atoms with Crippen LogP contribution in [-0.4, -0.2) is 50.1 Å². The molecule has 1 saturated heterocycles. The first-order valence-corrected chi connectivity index (χ1v) is 10.9. The fourth-order valence-electron chi connectivity index (χ4n) is 3.66. The summed E-state index contributed by atoms with van der Waals surface area (Å²) >= 11 is 0. The Balaban J connectivity index is 1.53. The molecule has 6 nitrogen and oxygen atoms in total. The highest BCUT2D eigenvalue weighted by Crippen LogP contribution is 2.20. The van der Waals surface area contributed by atoms with Crippen molar-refractivity contribution in [3.8, 4) is 5.75 Å². The van der Waals surface area contributed by atoms with E-state index in [0.717, 1.165) is 35.8 Å². The first-order chi connectivity index (χ1) is 16.0. The third-order valence-corrected chi connectivity index (χ3v) is 5.62. The second-order valence-electron chi connectivity index (χ2n) is 7.90. The van der Waals surface area contributed by atoms with E-state index in [1.54, 1.807) is 19.2 Å². The number of rotatable bonds is 4. The van der Waals surface area contributed by atoms with Gasteiger partial charge < -0.3 is 14.5 Å². The van der Waals surface area contributed by atoms with Crippen LogP contribution in [0.25, 0.3) is 0 Å². The number of aryl methyl sites for hydroxylation is 1. The van der Waals surface area contributed by atoms with Crippen molar-refractivity contribution in [3.05, 3.63) is 89.7 Å². The standard InChI is InChI=1S/C26H27FN4O2/c1-19-3-5-20(6-4-19)25(32)29-26(28-22-9-13-24(33-2)14-10-22)31-17-15-30(16-18-31)23-11-7-21(27)8-12-23/h3-14H,15-18H2,1-2H3,(H,28,29,32). The predicted octanol–water partition coefficient (Wildman–Crippen LogP) is 4.38. The Morgan fingerprint density at radius 2 is 1.55 bits per heavy atom. The number of halogens is 1. The van der Waals surface area contributed by atoms with Crippen molar-refractivity contribution in [1.82, 2.24) is 10.2 Å². The molecule has 7 heteroatoms. The van der Waals surface area contributed by atoms with Gasteiger partial charge in [-0.2, -0.15) is 0 Å². The van der Waals surface area contributed by atoms with Gasteiger partial charge in [-0.3, -0.25) is 10.1 Å². The third kappa shape index (κ3) is 5.68. The summed E-state index contributed by atoms with van der Waals surface area (Å²) in [5.41, 5.74) is 3.37. The molecule has 3 aromatic rings. The van der Waals surface area contributed by atoms with Gasteiger partial charge in [0.2, 0.25) is 5.96 Å². The molecule has 0 bridgehead atoms. The number of anilines is 1. The molecule has 1 aliphatic rings. The molecule has 0 radical (unpaired) electrons. The van der Waals surface area contributed by atoms with Crippen molar-refractivity contribution in [2.75, 3.05) is 38.2 Å². The number of methoxy groups -OCH3 is 1. The normalized spacial score (nSPS) is 14.2. The van der Waals surface area contributed by atoms with Crippen LogP contribution in [0.4, 0.5) is 15.8 Å². The van der Waals surface area contributed by atoms with Gasteiger partial charge in [0.1, 0.15) is 11.6 Å². The number of piperazine rings is 1. The lowest BCUT2D eigenvalue weighted by Gasteiger charge is -2.37. The van der Waals surface area contributed by atoms with Gasteiger partial charge in [0, 0.05) is 37.4 Å². The zero-order chi connectivity index (χ0) is 23.2. The average molecular weight is 447 g/mol. The Morgan fingerprint density at radius 3 is 2.15 bits per heavy atom. The topological polar surface area (TPSA) is 57.2 Å². The minimum absolute atomic E-state index is 0.205. The molecule has 0 aliphatic carbocycles. The summed E-state index contributed by atoms with van der Waals surface area (Å²) in [6, 6.07) is 21.3. The van der Waals surface area contributed by atoms with Gasteiger partial charge in [-0.25, -0.2) is 9.38 Å². The number of aliphatic imine (C=N–C) groups is 1. The van der Waals surface area contributed by atoms with Crippen LogP contribution >= 0.6 is 0 Å². The van der Waals surface area contributed by atoms with E-state index < -0.39 is 0 Å². The van der Waals surface area contributed by atoms with E-state index in [-0.39, 0.29) is 11.7 Å². The highest BCUT2D eigenvalue weighted by molar-refractivity contribution is 6.06. The first kappa shape index (κ1) is 22.3. The number of carbonyl (C=O) groups excluding carboxylic acids is 1. The summed E-state index contributed by atoms with van der Waals surface area (Å²) in [5, 5.41) is 3.00. The number of benzene rings is 3. The molecule has 33 heavy (non-hydrogen) atoms. The smallest absolute Gasteiger partial charge is 0.257 e. The number of hydrogen-bond donors (Lipinski definition) is 1. The van der Waals surface area contributed by atoms with Crippen LogP contribution in [0.5, 0.6) is 5.75 Å². The molecule has 0 atom stereocenters. The number of nitrogens with one attached hydrogen (secondary N) is 1. The van der Waals surface area contributed by atoms with E-state index in [0.29, 0.717) is 24.6 Å². The quantitative estimate of drug-likeness (QED) is 0.477. The molecule has 1 fully saturated rings. The Labute approximate surface area is 193 Å². The molecule has 0 unspecified atom stereocenters. The van der Waals surface area contributed by atoms with Crippen LogP contribution in [0.15, 0.2) is 77.8 Å². The summed E-state index contributed by atoms with van der Waals surface area (Å²) in [4.78, 5) is 21.9. The second kappa shape index (κ2) is 10.2. The van der Waals surface area contributed by atoms with Crippen molar-refractivity contribution in [1.29, 1.82) is 0 Å².